The number of hydrogen-bond acceptors (Lipinski definition) is 9. The molecule has 2 aliphatic carbocycles. The molecular formula is C49H41ClFN3O8. The largest absolute Gasteiger partial charge is 0.504 e. The zero-order chi connectivity index (χ0) is 43.4. The highest BCUT2D eigenvalue weighted by molar-refractivity contribution is 6.30. The number of fused-ring (bicyclic) bond motifs is 4. The zero-order valence-corrected chi connectivity index (χ0v) is 34.6. The van der Waals surface area contributed by atoms with E-state index in [1.54, 1.807) is 62.8 Å². The fourth-order valence-electron chi connectivity index (χ4n) is 10.0. The molecule has 4 aliphatic rings. The summed E-state index contributed by atoms with van der Waals surface area (Å²) in [6.07, 6.45) is 6.02. The molecule has 6 atom stereocenters. The lowest BCUT2D eigenvalue weighted by Gasteiger charge is -2.50. The van der Waals surface area contributed by atoms with E-state index in [9.17, 15) is 23.9 Å². The predicted molar refractivity (Wildman–Crippen MR) is 231 cm³/mol. The summed E-state index contributed by atoms with van der Waals surface area (Å²) in [5.74, 6) is -5.05. The highest BCUT2D eigenvalue weighted by Gasteiger charge is 2.70. The first-order valence-electron chi connectivity index (χ1n) is 20.1. The number of benzene rings is 5. The number of methoxy groups -OCH3 is 3. The van der Waals surface area contributed by atoms with Gasteiger partial charge in [0.15, 0.2) is 11.5 Å². The number of hydrazine groups is 1. The number of nitrogens with one attached hydrogen (secondary N) is 1. The van der Waals surface area contributed by atoms with Crippen LogP contribution in [-0.4, -0.2) is 55.1 Å². The number of hydrogen-bond donors (Lipinski definition) is 2. The summed E-state index contributed by atoms with van der Waals surface area (Å²) in [6, 6.07) is 29.5. The van der Waals surface area contributed by atoms with Crippen molar-refractivity contribution < 1.29 is 42.9 Å². The smallest absolute Gasteiger partial charge is 0.260 e. The molecule has 2 aliphatic heterocycles. The van der Waals surface area contributed by atoms with Gasteiger partial charge in [-0.1, -0.05) is 65.7 Å². The van der Waals surface area contributed by atoms with Crippen LogP contribution in [0.5, 0.6) is 23.0 Å². The summed E-state index contributed by atoms with van der Waals surface area (Å²) in [6.45, 7) is 0. The van der Waals surface area contributed by atoms with Crippen molar-refractivity contribution in [2.24, 2.45) is 23.7 Å². The number of carbonyl (C=O) groups excluding carboxylic acids is 4. The minimum absolute atomic E-state index is 0.0673. The maximum absolute atomic E-state index is 15.4. The molecule has 2 saturated heterocycles. The van der Waals surface area contributed by atoms with Gasteiger partial charge in [-0.15, -0.1) is 0 Å². The normalized spacial score (nSPS) is 24.1. The van der Waals surface area contributed by atoms with Gasteiger partial charge in [0.1, 0.15) is 17.3 Å². The van der Waals surface area contributed by atoms with Crippen molar-refractivity contribution in [2.75, 3.05) is 31.7 Å². The van der Waals surface area contributed by atoms with E-state index in [0.717, 1.165) is 21.7 Å². The van der Waals surface area contributed by atoms with E-state index in [0.29, 0.717) is 39.0 Å². The fraction of sp³-hybridized carbons (Fsp3) is 0.224. The number of halogens is 2. The SMILES string of the molecule is COc1ccc(OC)c(C=Cc2ccc(N3C(=O)C4CC=C5C(CC6C(=O)N(Nc7ccc(F)cc7)C(=O)C6(c6ccc(Cl)cc6)C5c5ccc(O)c(OC)c5)C4C3=O)cc2)c1. The second kappa shape index (κ2) is 15.8. The van der Waals surface area contributed by atoms with E-state index < -0.39 is 52.6 Å². The molecule has 2 N–H and O–H groups in total. The highest BCUT2D eigenvalue weighted by Crippen LogP contribution is 2.64. The van der Waals surface area contributed by atoms with Gasteiger partial charge >= 0.3 is 0 Å². The van der Waals surface area contributed by atoms with Crippen LogP contribution in [0.25, 0.3) is 12.2 Å². The van der Waals surface area contributed by atoms with Gasteiger partial charge in [0.2, 0.25) is 11.8 Å². The number of phenols is 1. The topological polar surface area (TPSA) is 135 Å². The number of allylic oxidation sites excluding steroid dienone is 2. The Kier molecular flexibility index (Phi) is 10.3. The molecule has 5 aromatic carbocycles. The van der Waals surface area contributed by atoms with Crippen LogP contribution in [0.15, 0.2) is 121 Å². The molecule has 0 aromatic heterocycles. The molecule has 11 nitrogen and oxygen atoms in total. The Morgan fingerprint density at radius 2 is 1.50 bits per heavy atom. The van der Waals surface area contributed by atoms with Crippen LogP contribution in [0.2, 0.25) is 5.02 Å². The van der Waals surface area contributed by atoms with Crippen LogP contribution in [0, 0.1) is 29.5 Å². The van der Waals surface area contributed by atoms with Crippen LogP contribution < -0.4 is 24.5 Å². The average Bonchev–Trinajstić information content (AvgIpc) is 3.67. The monoisotopic (exact) mass is 853 g/mol. The average molecular weight is 854 g/mol. The minimum Gasteiger partial charge on any atom is -0.504 e. The number of aromatic hydroxyl groups is 1. The molecule has 1 saturated carbocycles. The third kappa shape index (κ3) is 6.48. The standard InChI is InChI=1S/C49H41ClFN3O8/c1-60-35-19-23-41(61-2)28(24-35)7-4-27-5-17-34(18-6-27)53-45(56)37-21-20-36-38(43(37)47(53)58)26-39-46(57)54(52-33-15-13-32(51)14-16-33)48(59)49(39,30-9-11-31(50)12-10-30)44(36)29-8-22-40(55)42(25-29)62-3/h4-20,22-25,37-39,43-44,52,55H,21,26H2,1-3H3. The molecule has 3 fully saturated rings. The fourth-order valence-corrected chi connectivity index (χ4v) is 10.2. The quantitative estimate of drug-likeness (QED) is 0.0805. The number of phenolic OH excluding ortho intramolecular Hbond substituents is 1. The van der Waals surface area contributed by atoms with E-state index >= 15 is 4.79 Å². The summed E-state index contributed by atoms with van der Waals surface area (Å²) in [5, 5.41) is 12.1. The molecule has 0 bridgehead atoms. The van der Waals surface area contributed by atoms with Crippen molar-refractivity contribution in [3.05, 3.63) is 154 Å². The summed E-state index contributed by atoms with van der Waals surface area (Å²) in [4.78, 5) is 60.8. The molecule has 5 aromatic rings. The van der Waals surface area contributed by atoms with Gasteiger partial charge in [-0.2, -0.15) is 5.01 Å². The first kappa shape index (κ1) is 40.5. The Labute approximate surface area is 361 Å². The van der Waals surface area contributed by atoms with Gasteiger partial charge in [0.25, 0.3) is 11.8 Å². The van der Waals surface area contributed by atoms with E-state index in [2.05, 4.69) is 5.43 Å². The van der Waals surface area contributed by atoms with Crippen LogP contribution in [0.4, 0.5) is 15.8 Å². The molecule has 4 amide bonds. The van der Waals surface area contributed by atoms with Gasteiger partial charge in [-0.25, -0.2) is 4.39 Å². The second-order valence-electron chi connectivity index (χ2n) is 15.8. The lowest BCUT2D eigenvalue weighted by Crippen LogP contribution is -2.53. The number of anilines is 2. The highest BCUT2D eigenvalue weighted by atomic mass is 35.5. The first-order valence-corrected chi connectivity index (χ1v) is 20.5. The maximum atomic E-state index is 15.4. The van der Waals surface area contributed by atoms with Crippen molar-refractivity contribution in [3.8, 4) is 23.0 Å². The van der Waals surface area contributed by atoms with E-state index in [4.69, 9.17) is 25.8 Å². The molecule has 6 unspecified atom stereocenters. The van der Waals surface area contributed by atoms with Crippen molar-refractivity contribution in [2.45, 2.75) is 24.2 Å². The van der Waals surface area contributed by atoms with Gasteiger partial charge in [0.05, 0.1) is 55.9 Å². The van der Waals surface area contributed by atoms with E-state index in [-0.39, 0.29) is 36.2 Å². The first-order chi connectivity index (χ1) is 30.0. The molecular weight excluding hydrogens is 813 g/mol. The second-order valence-corrected chi connectivity index (χ2v) is 16.3. The molecule has 314 valence electrons. The van der Waals surface area contributed by atoms with Crippen LogP contribution in [0.1, 0.15) is 41.0 Å². The minimum atomic E-state index is -1.59. The summed E-state index contributed by atoms with van der Waals surface area (Å²) < 4.78 is 30.4. The number of carbonyl (C=O) groups is 4. The van der Waals surface area contributed by atoms with Crippen molar-refractivity contribution in [3.63, 3.8) is 0 Å². The maximum Gasteiger partial charge on any atom is 0.260 e. The summed E-state index contributed by atoms with van der Waals surface area (Å²) in [5.41, 5.74) is 5.52. The number of nitrogens with zero attached hydrogens (tertiary/aromatic N) is 2. The summed E-state index contributed by atoms with van der Waals surface area (Å²) >= 11 is 6.40. The Hall–Kier alpha value is -6.92. The number of rotatable bonds is 10. The van der Waals surface area contributed by atoms with Crippen molar-refractivity contribution in [1.82, 2.24) is 5.01 Å². The van der Waals surface area contributed by atoms with Crippen molar-refractivity contribution >= 4 is 58.8 Å². The van der Waals surface area contributed by atoms with E-state index in [1.807, 2.05) is 48.6 Å². The zero-order valence-electron chi connectivity index (χ0n) is 33.9. The van der Waals surface area contributed by atoms with Crippen molar-refractivity contribution in [1.29, 1.82) is 0 Å². The molecule has 9 rings (SSSR count). The van der Waals surface area contributed by atoms with Crippen LogP contribution in [0.3, 0.4) is 0 Å². The molecule has 62 heavy (non-hydrogen) atoms. The van der Waals surface area contributed by atoms with E-state index in [1.165, 1.54) is 42.3 Å². The molecule has 2 heterocycles. The van der Waals surface area contributed by atoms with Gasteiger partial charge in [-0.05, 0) is 114 Å². The van der Waals surface area contributed by atoms with Gasteiger partial charge in [-0.3, -0.25) is 29.5 Å². The molecule has 0 spiro atoms. The molecule has 13 heteroatoms. The van der Waals surface area contributed by atoms with Gasteiger partial charge < -0.3 is 19.3 Å². The lowest BCUT2D eigenvalue weighted by molar-refractivity contribution is -0.138. The molecule has 0 radical (unpaired) electrons. The number of amides is 4. The Balaban J connectivity index is 1.12. The number of imide groups is 2. The third-order valence-corrected chi connectivity index (χ3v) is 13.1. The van der Waals surface area contributed by atoms with Gasteiger partial charge in [0, 0.05) is 16.5 Å². The Morgan fingerprint density at radius 3 is 2.19 bits per heavy atom. The van der Waals surface area contributed by atoms with Crippen LogP contribution in [-0.2, 0) is 24.6 Å². The third-order valence-electron chi connectivity index (χ3n) is 12.8. The van der Waals surface area contributed by atoms with Crippen LogP contribution >= 0.6 is 11.6 Å². The predicted octanol–water partition coefficient (Wildman–Crippen LogP) is 8.57. The Morgan fingerprint density at radius 1 is 0.774 bits per heavy atom. The Bertz CT molecular complexity index is 2690. The summed E-state index contributed by atoms with van der Waals surface area (Å²) in [7, 11) is 4.60. The number of ether oxygens (including phenoxy) is 3. The lowest BCUT2D eigenvalue weighted by atomic mass is 9.49.